The van der Waals surface area contributed by atoms with Crippen LogP contribution in [0.5, 0.6) is 0 Å². The molecule has 2 rings (SSSR count). The summed E-state index contributed by atoms with van der Waals surface area (Å²) in [5.41, 5.74) is 2.84. The Morgan fingerprint density at radius 3 is 2.67 bits per heavy atom. The van der Waals surface area contributed by atoms with Gasteiger partial charge in [0, 0.05) is 0 Å². The van der Waals surface area contributed by atoms with Crippen LogP contribution in [0, 0.1) is 5.41 Å². The molecule has 0 amide bonds. The Morgan fingerprint density at radius 1 is 1.33 bits per heavy atom. The lowest BCUT2D eigenvalue weighted by Crippen LogP contribution is -1.76. The van der Waals surface area contributed by atoms with Crippen LogP contribution in [0.25, 0.3) is 6.08 Å². The van der Waals surface area contributed by atoms with Gasteiger partial charge in [-0.1, -0.05) is 36.4 Å². The smallest absolute Gasteiger partial charge is 0.0554 e. The predicted octanol–water partition coefficient (Wildman–Crippen LogP) is 2.92. The molecule has 0 fully saturated rings. The van der Waals surface area contributed by atoms with Crippen molar-refractivity contribution in [2.24, 2.45) is 0 Å². The molecular formula is C10H9NS. The second-order valence-corrected chi connectivity index (χ2v) is 2.61. The second-order valence-electron chi connectivity index (χ2n) is 2.41. The summed E-state index contributed by atoms with van der Waals surface area (Å²) in [5, 5.41) is 7.36. The number of rotatable bonds is 0. The van der Waals surface area contributed by atoms with Gasteiger partial charge in [0.15, 0.2) is 0 Å². The Kier molecular flexibility index (Phi) is 3.39. The van der Waals surface area contributed by atoms with Crippen molar-refractivity contribution < 1.29 is 0 Å². The fourth-order valence-corrected chi connectivity index (χ4v) is 1.20. The first-order chi connectivity index (χ1) is 5.88. The number of hydrogen-bond donors (Lipinski definition) is 1. The highest BCUT2D eigenvalue weighted by Crippen LogP contribution is 2.17. The van der Waals surface area contributed by atoms with E-state index in [1.165, 1.54) is 11.1 Å². The molecule has 1 aromatic carbocycles. The van der Waals surface area contributed by atoms with Crippen molar-refractivity contribution in [1.82, 2.24) is 0 Å². The Labute approximate surface area is 77.2 Å². The number of allylic oxidation sites excluding steroid dienone is 1. The van der Waals surface area contributed by atoms with Crippen LogP contribution in [0.1, 0.15) is 11.1 Å². The van der Waals surface area contributed by atoms with Crippen LogP contribution in [0.3, 0.4) is 0 Å². The highest BCUT2D eigenvalue weighted by atomic mass is 32.1. The van der Waals surface area contributed by atoms with Gasteiger partial charge in [-0.25, -0.2) is 5.41 Å². The van der Waals surface area contributed by atoms with Gasteiger partial charge in [0.25, 0.3) is 0 Å². The molecule has 1 aromatic rings. The number of nitrogens with one attached hydrogen (secondary N) is 1. The van der Waals surface area contributed by atoms with E-state index in [1.807, 2.05) is 0 Å². The summed E-state index contributed by atoms with van der Waals surface area (Å²) in [6, 6.07) is 8.49. The average molecular weight is 175 g/mol. The third kappa shape index (κ3) is 2.12. The molecule has 0 unspecified atom stereocenters. The van der Waals surface area contributed by atoms with Gasteiger partial charge in [-0.15, -0.1) is 0 Å². The predicted molar refractivity (Wildman–Crippen MR) is 54.5 cm³/mol. The highest BCUT2D eigenvalue weighted by molar-refractivity contribution is 7.78. The summed E-state index contributed by atoms with van der Waals surface area (Å²) in [7, 11) is 0. The molecular weight excluding hydrogens is 166 g/mol. The Balaban J connectivity index is 0.000000213. The molecule has 0 aliphatic heterocycles. The SMILES string of the molecule is C1=Cc2ccccc2C1.N=C=S. The second kappa shape index (κ2) is 4.60. The molecule has 0 radical (unpaired) electrons. The van der Waals surface area contributed by atoms with E-state index in [9.17, 15) is 0 Å². The zero-order valence-corrected chi connectivity index (χ0v) is 7.40. The normalized spacial score (nSPS) is 11.0. The topological polar surface area (TPSA) is 23.9 Å². The van der Waals surface area contributed by atoms with E-state index < -0.39 is 0 Å². The molecule has 1 N–H and O–H groups in total. The zero-order valence-electron chi connectivity index (χ0n) is 6.58. The first-order valence-electron chi connectivity index (χ1n) is 3.67. The highest BCUT2D eigenvalue weighted by Gasteiger charge is 2.00. The van der Waals surface area contributed by atoms with Crippen molar-refractivity contribution in [2.75, 3.05) is 0 Å². The number of isothiocyanates is 1. The van der Waals surface area contributed by atoms with Gasteiger partial charge >= 0.3 is 0 Å². The lowest BCUT2D eigenvalue weighted by Gasteiger charge is -1.93. The lowest BCUT2D eigenvalue weighted by molar-refractivity contribution is 1.31. The van der Waals surface area contributed by atoms with E-state index in [-0.39, 0.29) is 0 Å². The molecule has 1 aliphatic carbocycles. The molecule has 0 aromatic heterocycles. The summed E-state index contributed by atoms with van der Waals surface area (Å²) in [5.74, 6) is 0. The third-order valence-corrected chi connectivity index (χ3v) is 1.69. The van der Waals surface area contributed by atoms with Crippen LogP contribution in [-0.2, 0) is 6.42 Å². The quantitative estimate of drug-likeness (QED) is 0.475. The zero-order chi connectivity index (χ0) is 8.81. The molecule has 0 bridgehead atoms. The van der Waals surface area contributed by atoms with E-state index in [4.69, 9.17) is 5.41 Å². The molecule has 0 saturated heterocycles. The third-order valence-electron chi connectivity index (χ3n) is 1.69. The number of benzene rings is 1. The Bertz CT molecular complexity index is 322. The van der Waals surface area contributed by atoms with Gasteiger partial charge in [-0.3, -0.25) is 0 Å². The van der Waals surface area contributed by atoms with Gasteiger partial charge in [-0.2, -0.15) is 0 Å². The minimum Gasteiger partial charge on any atom is -0.248 e. The van der Waals surface area contributed by atoms with Crippen molar-refractivity contribution in [3.63, 3.8) is 0 Å². The van der Waals surface area contributed by atoms with E-state index >= 15 is 0 Å². The number of thiocarbonyl (C=S) groups is 1. The van der Waals surface area contributed by atoms with Gasteiger partial charge < -0.3 is 0 Å². The minimum absolute atomic E-state index is 1.12. The molecule has 0 atom stereocenters. The monoisotopic (exact) mass is 175 g/mol. The molecule has 0 spiro atoms. The van der Waals surface area contributed by atoms with E-state index in [0.717, 1.165) is 6.42 Å². The van der Waals surface area contributed by atoms with E-state index in [1.54, 1.807) is 5.16 Å². The maximum absolute atomic E-state index is 5.77. The van der Waals surface area contributed by atoms with Gasteiger partial charge in [0.05, 0.1) is 5.16 Å². The van der Waals surface area contributed by atoms with Crippen molar-refractivity contribution in [3.8, 4) is 0 Å². The van der Waals surface area contributed by atoms with Crippen LogP contribution in [0.15, 0.2) is 30.3 Å². The molecule has 0 heterocycles. The Hall–Kier alpha value is -1.24. The summed E-state index contributed by atoms with van der Waals surface area (Å²) in [6.07, 6.45) is 5.50. The van der Waals surface area contributed by atoms with Crippen LogP contribution < -0.4 is 0 Å². The van der Waals surface area contributed by atoms with E-state index in [0.29, 0.717) is 0 Å². The van der Waals surface area contributed by atoms with Crippen molar-refractivity contribution in [3.05, 3.63) is 41.5 Å². The van der Waals surface area contributed by atoms with Crippen LogP contribution in [0.4, 0.5) is 0 Å². The van der Waals surface area contributed by atoms with Crippen molar-refractivity contribution in [2.45, 2.75) is 6.42 Å². The standard InChI is InChI=1S/C9H8.CHNS/c1-2-5-9-7-3-6-8(9)4-1;2-1-3/h1-6H,7H2;2H. The van der Waals surface area contributed by atoms with Crippen LogP contribution in [-0.4, -0.2) is 5.16 Å². The molecule has 12 heavy (non-hydrogen) atoms. The fraction of sp³-hybridized carbons (Fsp3) is 0.100. The van der Waals surface area contributed by atoms with Crippen LogP contribution >= 0.6 is 12.2 Å². The lowest BCUT2D eigenvalue weighted by atomic mass is 10.1. The minimum atomic E-state index is 1.12. The first-order valence-corrected chi connectivity index (χ1v) is 4.07. The summed E-state index contributed by atoms with van der Waals surface area (Å²) in [4.78, 5) is 0. The van der Waals surface area contributed by atoms with Gasteiger partial charge in [-0.05, 0) is 29.8 Å². The summed E-state index contributed by atoms with van der Waals surface area (Å²) in [6.45, 7) is 0. The molecule has 1 aliphatic rings. The van der Waals surface area contributed by atoms with E-state index in [2.05, 4.69) is 48.6 Å². The van der Waals surface area contributed by atoms with Crippen molar-refractivity contribution in [1.29, 1.82) is 5.41 Å². The summed E-state index contributed by atoms with van der Waals surface area (Å²) < 4.78 is 0. The first kappa shape index (κ1) is 8.85. The van der Waals surface area contributed by atoms with Gasteiger partial charge in [0.1, 0.15) is 0 Å². The number of fused-ring (bicyclic) bond motifs is 1. The largest absolute Gasteiger partial charge is 0.248 e. The van der Waals surface area contributed by atoms with Crippen molar-refractivity contribution >= 4 is 23.5 Å². The Morgan fingerprint density at radius 2 is 2.00 bits per heavy atom. The summed E-state index contributed by atoms with van der Waals surface area (Å²) >= 11 is 3.81. The molecule has 1 nitrogen and oxygen atoms in total. The molecule has 60 valence electrons. The van der Waals surface area contributed by atoms with Gasteiger partial charge in [0.2, 0.25) is 0 Å². The maximum Gasteiger partial charge on any atom is 0.0554 e. The maximum atomic E-state index is 5.77. The average Bonchev–Trinajstić information content (AvgIpc) is 2.52. The fourth-order valence-electron chi connectivity index (χ4n) is 1.20. The molecule has 2 heteroatoms. The number of hydrogen-bond acceptors (Lipinski definition) is 2. The molecule has 0 saturated carbocycles. The van der Waals surface area contributed by atoms with Crippen LogP contribution in [0.2, 0.25) is 0 Å².